The first-order valence-corrected chi connectivity index (χ1v) is 6.46. The van der Waals surface area contributed by atoms with Gasteiger partial charge in [0, 0.05) is 12.1 Å². The third-order valence-corrected chi connectivity index (χ3v) is 2.99. The normalized spacial score (nSPS) is 9.91. The van der Waals surface area contributed by atoms with Gasteiger partial charge in [0.25, 0.3) is 5.82 Å². The molecule has 0 radical (unpaired) electrons. The lowest BCUT2D eigenvalue weighted by Crippen LogP contribution is -2.19. The Hall–Kier alpha value is -2.79. The van der Waals surface area contributed by atoms with Gasteiger partial charge in [-0.25, -0.2) is 9.67 Å². The zero-order chi connectivity index (χ0) is 16.1. The minimum absolute atomic E-state index is 0.00135. The summed E-state index contributed by atoms with van der Waals surface area (Å²) in [6.45, 7) is -0.0945. The number of ether oxygens (including phenoxy) is 2. The maximum Gasteiger partial charge on any atom is 0.252 e. The highest BCUT2D eigenvalue weighted by molar-refractivity contribution is 6.32. The molecule has 0 unspecified atom stereocenters. The second-order valence-electron chi connectivity index (χ2n) is 4.11. The van der Waals surface area contributed by atoms with Crippen molar-refractivity contribution < 1.29 is 14.3 Å². The van der Waals surface area contributed by atoms with Gasteiger partial charge in [-0.3, -0.25) is 4.79 Å². The molecule has 8 nitrogen and oxygen atoms in total. The van der Waals surface area contributed by atoms with Gasteiger partial charge in [0.05, 0.1) is 24.9 Å². The van der Waals surface area contributed by atoms with Gasteiger partial charge < -0.3 is 14.8 Å². The molecule has 1 amide bonds. The van der Waals surface area contributed by atoms with Gasteiger partial charge >= 0.3 is 0 Å². The summed E-state index contributed by atoms with van der Waals surface area (Å²) < 4.78 is 11.5. The van der Waals surface area contributed by atoms with Crippen LogP contribution in [-0.4, -0.2) is 34.9 Å². The van der Waals surface area contributed by atoms with Crippen molar-refractivity contribution in [1.82, 2.24) is 14.8 Å². The number of nitrogens with zero attached hydrogens (tertiary/aromatic N) is 4. The molecule has 22 heavy (non-hydrogen) atoms. The Bertz CT molecular complexity index is 738. The standard InChI is InChI=1S/C13H12ClN5O3/c1-21-10-4-9(11(22-2)3-8(10)14)17-13(20)6-19-7-16-12(5-15)18-19/h3-4,7H,6H2,1-2H3,(H,17,20). The van der Waals surface area contributed by atoms with Crippen LogP contribution in [0.15, 0.2) is 18.5 Å². The molecule has 9 heteroatoms. The fraction of sp³-hybridized carbons (Fsp3) is 0.231. The first kappa shape index (κ1) is 15.6. The highest BCUT2D eigenvalue weighted by atomic mass is 35.5. The summed E-state index contributed by atoms with van der Waals surface area (Å²) in [7, 11) is 2.93. The van der Waals surface area contributed by atoms with E-state index >= 15 is 0 Å². The van der Waals surface area contributed by atoms with Crippen molar-refractivity contribution in [2.75, 3.05) is 19.5 Å². The van der Waals surface area contributed by atoms with Gasteiger partial charge in [0.2, 0.25) is 5.91 Å². The van der Waals surface area contributed by atoms with Crippen LogP contribution in [0.5, 0.6) is 11.5 Å². The molecule has 1 N–H and O–H groups in total. The Kier molecular flexibility index (Phi) is 4.80. The number of carbonyl (C=O) groups excluding carboxylic acids is 1. The van der Waals surface area contributed by atoms with Crippen LogP contribution >= 0.6 is 11.6 Å². The van der Waals surface area contributed by atoms with Crippen LogP contribution in [0.25, 0.3) is 0 Å². The van der Waals surface area contributed by atoms with Crippen LogP contribution in [0.3, 0.4) is 0 Å². The Morgan fingerprint density at radius 3 is 2.73 bits per heavy atom. The minimum atomic E-state index is -0.364. The smallest absolute Gasteiger partial charge is 0.252 e. The molecular weight excluding hydrogens is 310 g/mol. The number of benzene rings is 1. The average molecular weight is 322 g/mol. The van der Waals surface area contributed by atoms with Crippen LogP contribution in [0.4, 0.5) is 5.69 Å². The number of methoxy groups -OCH3 is 2. The summed E-state index contributed by atoms with van der Waals surface area (Å²) in [5, 5.41) is 15.5. The molecule has 0 atom stereocenters. The van der Waals surface area contributed by atoms with Gasteiger partial charge in [-0.05, 0) is 0 Å². The maximum atomic E-state index is 12.0. The first-order chi connectivity index (χ1) is 10.6. The molecule has 0 aliphatic carbocycles. The number of rotatable bonds is 5. The molecule has 2 rings (SSSR count). The molecule has 1 aromatic heterocycles. The predicted octanol–water partition coefficient (Wildman–Crippen LogP) is 1.46. The number of nitrogens with one attached hydrogen (secondary N) is 1. The number of anilines is 1. The number of aromatic nitrogens is 3. The van der Waals surface area contributed by atoms with Crippen molar-refractivity contribution in [3.05, 3.63) is 29.3 Å². The van der Waals surface area contributed by atoms with Gasteiger partial charge in [-0.15, -0.1) is 5.10 Å². The van der Waals surface area contributed by atoms with Crippen LogP contribution in [-0.2, 0) is 11.3 Å². The van der Waals surface area contributed by atoms with Crippen LogP contribution in [0.2, 0.25) is 5.02 Å². The molecule has 0 aliphatic heterocycles. The molecule has 0 fully saturated rings. The van der Waals surface area contributed by atoms with E-state index in [-0.39, 0.29) is 18.3 Å². The number of hydrogen-bond acceptors (Lipinski definition) is 6. The second kappa shape index (κ2) is 6.78. The van der Waals surface area contributed by atoms with E-state index in [1.807, 2.05) is 0 Å². The molecule has 2 aromatic rings. The van der Waals surface area contributed by atoms with Crippen LogP contribution in [0.1, 0.15) is 5.82 Å². The molecule has 0 saturated carbocycles. The van der Waals surface area contributed by atoms with Gasteiger partial charge in [-0.1, -0.05) is 11.6 Å². The average Bonchev–Trinajstić information content (AvgIpc) is 2.96. The van der Waals surface area contributed by atoms with Crippen LogP contribution < -0.4 is 14.8 Å². The van der Waals surface area contributed by atoms with Gasteiger partial charge in [-0.2, -0.15) is 5.26 Å². The molecule has 114 valence electrons. The number of carbonyl (C=O) groups is 1. The largest absolute Gasteiger partial charge is 0.495 e. The summed E-state index contributed by atoms with van der Waals surface area (Å²) in [5.74, 6) is 0.441. The molecule has 0 aliphatic rings. The Balaban J connectivity index is 2.15. The van der Waals surface area contributed by atoms with E-state index in [0.29, 0.717) is 22.2 Å². The summed E-state index contributed by atoms with van der Waals surface area (Å²) in [6.07, 6.45) is 1.30. The quantitative estimate of drug-likeness (QED) is 0.894. The summed E-state index contributed by atoms with van der Waals surface area (Å²) >= 11 is 5.99. The number of amides is 1. The van der Waals surface area contributed by atoms with Gasteiger partial charge in [0.15, 0.2) is 0 Å². The fourth-order valence-corrected chi connectivity index (χ4v) is 1.95. The van der Waals surface area contributed by atoms with Crippen molar-refractivity contribution in [3.63, 3.8) is 0 Å². The molecule has 0 spiro atoms. The SMILES string of the molecule is COc1cc(NC(=O)Cn2cnc(C#N)n2)c(OC)cc1Cl. The first-order valence-electron chi connectivity index (χ1n) is 6.08. The van der Waals surface area contributed by atoms with E-state index in [1.165, 1.54) is 25.2 Å². The van der Waals surface area contributed by atoms with E-state index in [0.717, 1.165) is 0 Å². The summed E-state index contributed by atoms with van der Waals surface area (Å²) in [5.41, 5.74) is 0.411. The van der Waals surface area contributed by atoms with Gasteiger partial charge in [0.1, 0.15) is 30.4 Å². The number of halogens is 1. The minimum Gasteiger partial charge on any atom is -0.495 e. The van der Waals surface area contributed by atoms with E-state index in [4.69, 9.17) is 26.3 Å². The molecule has 1 heterocycles. The molecule has 1 aromatic carbocycles. The Morgan fingerprint density at radius 2 is 2.14 bits per heavy atom. The molecular formula is C13H12ClN5O3. The highest BCUT2D eigenvalue weighted by Crippen LogP contribution is 2.35. The Morgan fingerprint density at radius 1 is 1.41 bits per heavy atom. The summed E-state index contributed by atoms with van der Waals surface area (Å²) in [4.78, 5) is 15.7. The predicted molar refractivity (Wildman–Crippen MR) is 77.9 cm³/mol. The second-order valence-corrected chi connectivity index (χ2v) is 4.52. The fourth-order valence-electron chi connectivity index (χ4n) is 1.72. The lowest BCUT2D eigenvalue weighted by atomic mass is 10.2. The number of nitriles is 1. The third-order valence-electron chi connectivity index (χ3n) is 2.69. The van der Waals surface area contributed by atoms with E-state index in [1.54, 1.807) is 18.2 Å². The Labute approximate surface area is 131 Å². The summed E-state index contributed by atoms with van der Waals surface area (Å²) in [6, 6.07) is 4.88. The topological polar surface area (TPSA) is 102 Å². The van der Waals surface area contributed by atoms with Crippen molar-refractivity contribution in [2.45, 2.75) is 6.54 Å². The zero-order valence-electron chi connectivity index (χ0n) is 11.8. The van der Waals surface area contributed by atoms with Crippen molar-refractivity contribution in [2.24, 2.45) is 0 Å². The van der Waals surface area contributed by atoms with E-state index in [9.17, 15) is 4.79 Å². The van der Waals surface area contributed by atoms with Crippen molar-refractivity contribution in [1.29, 1.82) is 5.26 Å². The highest BCUT2D eigenvalue weighted by Gasteiger charge is 2.13. The molecule has 0 bridgehead atoms. The maximum absolute atomic E-state index is 12.0. The molecule has 0 saturated heterocycles. The van der Waals surface area contributed by atoms with E-state index in [2.05, 4.69) is 15.4 Å². The van der Waals surface area contributed by atoms with Crippen molar-refractivity contribution >= 4 is 23.2 Å². The lowest BCUT2D eigenvalue weighted by Gasteiger charge is -2.13. The lowest BCUT2D eigenvalue weighted by molar-refractivity contribution is -0.116. The zero-order valence-corrected chi connectivity index (χ0v) is 12.6. The monoisotopic (exact) mass is 321 g/mol. The van der Waals surface area contributed by atoms with E-state index < -0.39 is 0 Å². The third kappa shape index (κ3) is 3.45. The van der Waals surface area contributed by atoms with Crippen molar-refractivity contribution in [3.8, 4) is 17.6 Å². The van der Waals surface area contributed by atoms with Crippen LogP contribution in [0, 0.1) is 11.3 Å². The number of hydrogen-bond donors (Lipinski definition) is 1.